The molecule has 470 valence electrons. The third-order valence-electron chi connectivity index (χ3n) is 15.3. The van der Waals surface area contributed by atoms with Crippen molar-refractivity contribution in [2.75, 3.05) is 125 Å². The van der Waals surface area contributed by atoms with Crippen LogP contribution in [0.3, 0.4) is 0 Å². The summed E-state index contributed by atoms with van der Waals surface area (Å²) in [6.45, 7) is 9.34. The van der Waals surface area contributed by atoms with Gasteiger partial charge in [0.05, 0.1) is 166 Å². The Morgan fingerprint density at radius 3 is 1.98 bits per heavy atom. The van der Waals surface area contributed by atoms with E-state index in [1.165, 1.54) is 10.6 Å². The van der Waals surface area contributed by atoms with Crippen molar-refractivity contribution in [3.05, 3.63) is 108 Å². The molecule has 0 radical (unpaired) electrons. The lowest BCUT2D eigenvalue weighted by Crippen LogP contribution is -2.51. The van der Waals surface area contributed by atoms with Crippen molar-refractivity contribution in [2.45, 2.75) is 102 Å². The molecule has 2 aliphatic heterocycles. The summed E-state index contributed by atoms with van der Waals surface area (Å²) >= 11 is 0. The second-order valence-electron chi connectivity index (χ2n) is 21.0. The van der Waals surface area contributed by atoms with E-state index in [0.29, 0.717) is 157 Å². The summed E-state index contributed by atoms with van der Waals surface area (Å²) in [6, 6.07) is 9.44. The molecule has 4 aromatic rings. The van der Waals surface area contributed by atoms with Gasteiger partial charge in [-0.2, -0.15) is 0 Å². The number of unbranched alkanes of at least 4 members (excludes halogenated alkanes) is 1. The van der Waals surface area contributed by atoms with E-state index in [4.69, 9.17) is 63.8 Å². The van der Waals surface area contributed by atoms with Gasteiger partial charge in [-0.1, -0.05) is 42.4 Å². The van der Waals surface area contributed by atoms with Gasteiger partial charge in [0, 0.05) is 33.9 Å². The van der Waals surface area contributed by atoms with E-state index in [1.54, 1.807) is 19.9 Å². The smallest absolute Gasteiger partial charge is 0.343 e. The van der Waals surface area contributed by atoms with E-state index < -0.39 is 64.7 Å². The molecule has 2 aromatic heterocycles. The molecule has 3 aliphatic rings. The number of primary amides is 1. The zero-order chi connectivity index (χ0) is 61.3. The number of nitrogens with one attached hydrogen (secondary N) is 2. The van der Waals surface area contributed by atoms with Gasteiger partial charge in [0.1, 0.15) is 18.5 Å². The second-order valence-corrected chi connectivity index (χ2v) is 21.0. The number of esters is 1. The first-order chi connectivity index (χ1) is 41.8. The molecule has 5 atom stereocenters. The number of hydrogen-bond acceptors (Lipinski definition) is 19. The number of nitrogens with zero attached hydrogens (tertiary/aromatic N) is 5. The second kappa shape index (κ2) is 34.7. The van der Waals surface area contributed by atoms with E-state index in [1.807, 2.05) is 30.3 Å². The molecule has 26 heteroatoms. The Labute approximate surface area is 498 Å². The standard InChI is InChI=1S/C60H82FN9O16/c1-3-60(76)45-34-51-55-43(36-70(51)58(74)44(45)37-86-59(60)75)54-47(13-12-41-39(2)46(61)35-49(65-55)53(41)54)66-57(73)48(11-7-8-15-62)67-56(72)42(33-40-9-5-4-6-10-40)50(68-69-64)38-85-32-31-84-30-29-83-28-27-82-26-25-81-24-23-80-22-21-79-20-19-78-18-17-77-16-14-52(63)71/h4-6,9-10,34-35,42,47-48,50,76H,3,7-8,11-33,36-38,62H2,1-2H3,(H2,63,71)(H,66,73)(H,67,72)/t42-,47-,48-,50?,60-/m0/s1. The van der Waals surface area contributed by atoms with Crippen molar-refractivity contribution in [1.82, 2.24) is 20.2 Å². The van der Waals surface area contributed by atoms with Crippen LogP contribution in [0.1, 0.15) is 90.4 Å². The van der Waals surface area contributed by atoms with Gasteiger partial charge < -0.3 is 79.1 Å². The van der Waals surface area contributed by atoms with E-state index in [9.17, 15) is 34.6 Å². The SMILES string of the molecule is CC[C@@]1(O)C(=O)OCc2c1cc1n(c2=O)Cc2c-1nc1cc(F)c(C)c3c1c2[C@@H](NC(=O)[C@H](CCCCN)NC(=O)[C@@H](Cc1ccccc1)C(COCCOCCOCCOCCOCCOCCOCCOCCOCCC(N)=O)N=[N+]=[N-])CC3. The highest BCUT2D eigenvalue weighted by Gasteiger charge is 2.46. The maximum absolute atomic E-state index is 15.7. The Hall–Kier alpha value is -6.52. The Balaban J connectivity index is 0.879. The van der Waals surface area contributed by atoms with E-state index in [0.717, 1.165) is 11.1 Å². The van der Waals surface area contributed by atoms with Gasteiger partial charge in [-0.25, -0.2) is 14.2 Å². The molecule has 7 rings (SSSR count). The number of carbonyl (C=O) groups excluding carboxylic acids is 4. The van der Waals surface area contributed by atoms with Crippen molar-refractivity contribution < 1.29 is 76.0 Å². The molecule has 7 N–H and O–H groups in total. The molecule has 86 heavy (non-hydrogen) atoms. The summed E-state index contributed by atoms with van der Waals surface area (Å²) in [4.78, 5) is 75.4. The first-order valence-electron chi connectivity index (χ1n) is 29.5. The van der Waals surface area contributed by atoms with Crippen LogP contribution in [0.5, 0.6) is 0 Å². The summed E-state index contributed by atoms with van der Waals surface area (Å²) in [5.41, 5.74) is 22.8. The zero-order valence-corrected chi connectivity index (χ0v) is 49.2. The Bertz CT molecular complexity index is 3000. The van der Waals surface area contributed by atoms with Gasteiger partial charge in [0.2, 0.25) is 17.7 Å². The van der Waals surface area contributed by atoms with Crippen LogP contribution in [0, 0.1) is 18.7 Å². The summed E-state index contributed by atoms with van der Waals surface area (Å²) in [7, 11) is 0. The number of halogens is 1. The summed E-state index contributed by atoms with van der Waals surface area (Å²) in [5, 5.41) is 22.5. The predicted octanol–water partition coefficient (Wildman–Crippen LogP) is 3.81. The van der Waals surface area contributed by atoms with Crippen LogP contribution in [0.25, 0.3) is 32.7 Å². The number of nitrogens with two attached hydrogens (primary N) is 2. The van der Waals surface area contributed by atoms with Crippen LogP contribution in [-0.4, -0.2) is 176 Å². The fourth-order valence-corrected chi connectivity index (χ4v) is 10.7. The first-order valence-corrected chi connectivity index (χ1v) is 29.5. The molecule has 1 unspecified atom stereocenters. The Kier molecular flexibility index (Phi) is 27.1. The number of hydrogen-bond donors (Lipinski definition) is 5. The average molecular weight is 1200 g/mol. The van der Waals surface area contributed by atoms with Gasteiger partial charge in [0.15, 0.2) is 5.60 Å². The molecule has 0 saturated heterocycles. The molecule has 2 aromatic carbocycles. The number of pyridine rings is 2. The minimum atomic E-state index is -2.06. The quantitative estimate of drug-likeness (QED) is 0.0122. The van der Waals surface area contributed by atoms with Crippen LogP contribution in [0.2, 0.25) is 0 Å². The summed E-state index contributed by atoms with van der Waals surface area (Å²) in [5.74, 6) is -3.71. The number of benzene rings is 2. The zero-order valence-electron chi connectivity index (χ0n) is 49.2. The molecule has 0 bridgehead atoms. The molecule has 0 spiro atoms. The highest BCUT2D eigenvalue weighted by atomic mass is 19.1. The maximum Gasteiger partial charge on any atom is 0.343 e. The molecular weight excluding hydrogens is 1120 g/mol. The number of ether oxygens (including phenoxy) is 10. The van der Waals surface area contributed by atoms with Gasteiger partial charge in [0.25, 0.3) is 5.56 Å². The number of cyclic esters (lactones) is 1. The third kappa shape index (κ3) is 18.3. The van der Waals surface area contributed by atoms with E-state index >= 15 is 4.39 Å². The van der Waals surface area contributed by atoms with Crippen LogP contribution >= 0.6 is 0 Å². The molecular formula is C60H82FN9O16. The monoisotopic (exact) mass is 1200 g/mol. The molecule has 4 heterocycles. The minimum absolute atomic E-state index is 0.0465. The molecule has 0 saturated carbocycles. The third-order valence-corrected chi connectivity index (χ3v) is 15.3. The fraction of sp³-hybridized carbons (Fsp3) is 0.600. The largest absolute Gasteiger partial charge is 0.458 e. The Morgan fingerprint density at radius 1 is 0.837 bits per heavy atom. The van der Waals surface area contributed by atoms with Gasteiger partial charge in [-0.3, -0.25) is 19.2 Å². The van der Waals surface area contributed by atoms with E-state index in [-0.39, 0.29) is 83.0 Å². The van der Waals surface area contributed by atoms with Crippen LogP contribution < -0.4 is 27.7 Å². The van der Waals surface area contributed by atoms with Gasteiger partial charge >= 0.3 is 5.97 Å². The van der Waals surface area contributed by atoms with Crippen LogP contribution in [0.4, 0.5) is 4.39 Å². The summed E-state index contributed by atoms with van der Waals surface area (Å²) in [6.07, 6.45) is 2.33. The normalized spacial score (nSPS) is 16.8. The molecule has 1 aliphatic carbocycles. The first kappa shape index (κ1) is 67.0. The number of rotatable bonds is 42. The lowest BCUT2D eigenvalue weighted by molar-refractivity contribution is -0.172. The number of amides is 3. The number of aryl methyl sites for hydroxylation is 1. The number of aromatic nitrogens is 2. The number of azide groups is 1. The maximum atomic E-state index is 15.7. The van der Waals surface area contributed by atoms with Crippen LogP contribution in [-0.2, 0) is 98.1 Å². The summed E-state index contributed by atoms with van der Waals surface area (Å²) < 4.78 is 72.4. The van der Waals surface area contributed by atoms with E-state index in [2.05, 4.69) is 20.7 Å². The fourth-order valence-electron chi connectivity index (χ4n) is 10.7. The average Bonchev–Trinajstić information content (AvgIpc) is 1.47. The number of carbonyl (C=O) groups is 4. The van der Waals surface area contributed by atoms with Crippen LogP contribution in [0.15, 0.2) is 52.4 Å². The van der Waals surface area contributed by atoms with Crippen molar-refractivity contribution in [3.63, 3.8) is 0 Å². The lowest BCUT2D eigenvalue weighted by Gasteiger charge is -2.32. The molecule has 25 nitrogen and oxygen atoms in total. The minimum Gasteiger partial charge on any atom is -0.458 e. The van der Waals surface area contributed by atoms with Crippen molar-refractivity contribution >= 4 is 34.6 Å². The van der Waals surface area contributed by atoms with Crippen molar-refractivity contribution in [2.24, 2.45) is 22.5 Å². The van der Waals surface area contributed by atoms with Crippen molar-refractivity contribution in [1.29, 1.82) is 0 Å². The number of fused-ring (bicyclic) bond motifs is 5. The Morgan fingerprint density at radius 2 is 1.42 bits per heavy atom. The highest BCUT2D eigenvalue weighted by Crippen LogP contribution is 2.46. The van der Waals surface area contributed by atoms with Crippen molar-refractivity contribution in [3.8, 4) is 11.4 Å². The topological polar surface area (TPSA) is 341 Å². The number of aliphatic hydroxyl groups is 1. The lowest BCUT2D eigenvalue weighted by atomic mass is 9.81. The molecule has 0 fully saturated rings. The molecule has 3 amide bonds. The highest BCUT2D eigenvalue weighted by molar-refractivity contribution is 5.95. The van der Waals surface area contributed by atoms with Gasteiger partial charge in [-0.15, -0.1) is 0 Å². The predicted molar refractivity (Wildman–Crippen MR) is 311 cm³/mol. The van der Waals surface area contributed by atoms with Gasteiger partial charge in [-0.05, 0) is 92.3 Å².